The monoisotopic (exact) mass is 380 g/mol. The smallest absolute Gasteiger partial charge is 0.149 e. The molecule has 5 rings (SSSR count). The highest BCUT2D eigenvalue weighted by molar-refractivity contribution is 7.17. The number of nitrogens with one attached hydrogen (secondary N) is 1. The van der Waals surface area contributed by atoms with Gasteiger partial charge in [-0.05, 0) is 74.4 Å². The zero-order valence-corrected chi connectivity index (χ0v) is 16.3. The second-order valence-electron chi connectivity index (χ2n) is 7.76. The second-order valence-corrected chi connectivity index (χ2v) is 8.71. The topological polar surface area (TPSA) is 61.3 Å². The van der Waals surface area contributed by atoms with E-state index in [0.29, 0.717) is 11.8 Å². The highest BCUT2D eigenvalue weighted by Gasteiger charge is 2.31. The molecule has 2 saturated heterocycles. The standard InChI is InChI=1S/C21H24N4OS/c1-13-11-19(22-14-4-5-15-3-2-9-25(15)12-14)23-24-20(13)17-6-7-18-16(21(17)26)8-10-27-18/h6-8,10-11,14-15,26H,2-5,9,12H2,1H3,(H,22,23)/t14-,15?/m1/s1. The Labute approximate surface area is 163 Å². The molecule has 0 amide bonds. The molecule has 140 valence electrons. The quantitative estimate of drug-likeness (QED) is 0.705. The van der Waals surface area contributed by atoms with E-state index in [9.17, 15) is 5.11 Å². The van der Waals surface area contributed by atoms with Gasteiger partial charge < -0.3 is 10.4 Å². The van der Waals surface area contributed by atoms with Crippen LogP contribution in [0.3, 0.4) is 0 Å². The highest BCUT2D eigenvalue weighted by Crippen LogP contribution is 2.38. The lowest BCUT2D eigenvalue weighted by atomic mass is 9.99. The Hall–Kier alpha value is -2.18. The number of hydrogen-bond donors (Lipinski definition) is 2. The first-order chi connectivity index (χ1) is 13.2. The molecule has 2 aliphatic heterocycles. The fraction of sp³-hybridized carbons (Fsp3) is 0.429. The fourth-order valence-corrected chi connectivity index (χ4v) is 5.39. The van der Waals surface area contributed by atoms with Crippen LogP contribution in [-0.4, -0.2) is 45.4 Å². The minimum Gasteiger partial charge on any atom is -0.507 e. The van der Waals surface area contributed by atoms with Gasteiger partial charge in [0.15, 0.2) is 0 Å². The summed E-state index contributed by atoms with van der Waals surface area (Å²) in [7, 11) is 0. The van der Waals surface area contributed by atoms with Crippen LogP contribution in [0.4, 0.5) is 5.82 Å². The maximum absolute atomic E-state index is 10.7. The van der Waals surface area contributed by atoms with Gasteiger partial charge in [0.1, 0.15) is 11.6 Å². The van der Waals surface area contributed by atoms with Crippen molar-refractivity contribution >= 4 is 27.2 Å². The molecule has 3 aromatic rings. The number of aryl methyl sites for hydroxylation is 1. The van der Waals surface area contributed by atoms with Gasteiger partial charge in [-0.1, -0.05) is 0 Å². The van der Waals surface area contributed by atoms with Gasteiger partial charge in [0.25, 0.3) is 0 Å². The van der Waals surface area contributed by atoms with Crippen LogP contribution in [0.25, 0.3) is 21.3 Å². The molecular formula is C21H24N4OS. The van der Waals surface area contributed by atoms with Gasteiger partial charge in [-0.2, -0.15) is 0 Å². The van der Waals surface area contributed by atoms with E-state index in [2.05, 4.69) is 26.5 Å². The summed E-state index contributed by atoms with van der Waals surface area (Å²) in [6, 6.07) is 9.22. The van der Waals surface area contributed by atoms with E-state index in [4.69, 9.17) is 0 Å². The minimum absolute atomic E-state index is 0.291. The lowest BCUT2D eigenvalue weighted by Gasteiger charge is -2.35. The summed E-state index contributed by atoms with van der Waals surface area (Å²) in [5, 5.41) is 26.0. The van der Waals surface area contributed by atoms with Crippen LogP contribution < -0.4 is 5.32 Å². The third-order valence-corrected chi connectivity index (χ3v) is 6.88. The SMILES string of the molecule is Cc1cc(N[C@@H]2CCC3CCCN3C2)nnc1-c1ccc2sccc2c1O. The number of nitrogens with zero attached hydrogens (tertiary/aromatic N) is 3. The first kappa shape index (κ1) is 17.0. The number of phenols is 1. The molecule has 2 aromatic heterocycles. The first-order valence-electron chi connectivity index (χ1n) is 9.73. The van der Waals surface area contributed by atoms with Gasteiger partial charge in [-0.25, -0.2) is 0 Å². The lowest BCUT2D eigenvalue weighted by Crippen LogP contribution is -2.44. The number of benzene rings is 1. The third-order valence-electron chi connectivity index (χ3n) is 6.00. The number of aromatic hydroxyl groups is 1. The Balaban J connectivity index is 1.38. The minimum atomic E-state index is 0.291. The Morgan fingerprint density at radius 2 is 2.11 bits per heavy atom. The van der Waals surface area contributed by atoms with Crippen LogP contribution in [0.5, 0.6) is 5.75 Å². The molecule has 1 unspecified atom stereocenters. The summed E-state index contributed by atoms with van der Waals surface area (Å²) in [6.45, 7) is 4.36. The molecule has 0 saturated carbocycles. The highest BCUT2D eigenvalue weighted by atomic mass is 32.1. The number of piperidine rings is 1. The van der Waals surface area contributed by atoms with Gasteiger partial charge in [-0.15, -0.1) is 21.5 Å². The number of phenolic OH excluding ortho intramolecular Hbond substituents is 1. The first-order valence-corrected chi connectivity index (χ1v) is 10.6. The van der Waals surface area contributed by atoms with Crippen LogP contribution >= 0.6 is 11.3 Å². The van der Waals surface area contributed by atoms with Crippen molar-refractivity contribution in [3.8, 4) is 17.0 Å². The van der Waals surface area contributed by atoms with Crippen molar-refractivity contribution in [2.45, 2.75) is 44.7 Å². The molecule has 2 fully saturated rings. The fourth-order valence-electron chi connectivity index (χ4n) is 4.60. The van der Waals surface area contributed by atoms with E-state index in [-0.39, 0.29) is 0 Å². The van der Waals surface area contributed by atoms with Gasteiger partial charge in [0.05, 0.1) is 5.69 Å². The number of rotatable bonds is 3. The molecule has 2 N–H and O–H groups in total. The summed E-state index contributed by atoms with van der Waals surface area (Å²) < 4.78 is 1.08. The van der Waals surface area contributed by atoms with Crippen LogP contribution in [0.15, 0.2) is 29.6 Å². The maximum Gasteiger partial charge on any atom is 0.149 e. The van der Waals surface area contributed by atoms with Crippen LogP contribution in [-0.2, 0) is 0 Å². The molecule has 27 heavy (non-hydrogen) atoms. The number of anilines is 1. The molecule has 2 atom stereocenters. The summed E-state index contributed by atoms with van der Waals surface area (Å²) in [5.41, 5.74) is 2.51. The summed E-state index contributed by atoms with van der Waals surface area (Å²) in [4.78, 5) is 2.62. The van der Waals surface area contributed by atoms with Crippen molar-refractivity contribution in [1.82, 2.24) is 15.1 Å². The van der Waals surface area contributed by atoms with Gasteiger partial charge >= 0.3 is 0 Å². The van der Waals surface area contributed by atoms with Crippen LogP contribution in [0, 0.1) is 6.92 Å². The zero-order chi connectivity index (χ0) is 18.4. The Bertz CT molecular complexity index is 985. The maximum atomic E-state index is 10.7. The average molecular weight is 381 g/mol. The van der Waals surface area contributed by atoms with Crippen molar-refractivity contribution in [2.24, 2.45) is 0 Å². The Kier molecular flexibility index (Phi) is 4.25. The molecule has 1 aromatic carbocycles. The molecule has 0 bridgehead atoms. The predicted octanol–water partition coefficient (Wildman–Crippen LogP) is 4.41. The van der Waals surface area contributed by atoms with Crippen molar-refractivity contribution in [2.75, 3.05) is 18.4 Å². The molecule has 6 heteroatoms. The zero-order valence-electron chi connectivity index (χ0n) is 15.5. The number of aromatic nitrogens is 2. The molecular weight excluding hydrogens is 356 g/mol. The van der Waals surface area contributed by atoms with Gasteiger partial charge in [-0.3, -0.25) is 4.90 Å². The largest absolute Gasteiger partial charge is 0.507 e. The van der Waals surface area contributed by atoms with E-state index in [1.807, 2.05) is 30.5 Å². The van der Waals surface area contributed by atoms with E-state index in [1.165, 1.54) is 32.2 Å². The van der Waals surface area contributed by atoms with E-state index in [1.54, 1.807) is 11.3 Å². The molecule has 2 aliphatic rings. The second kappa shape index (κ2) is 6.77. The van der Waals surface area contributed by atoms with Gasteiger partial charge in [0, 0.05) is 34.3 Å². The number of hydrogen-bond acceptors (Lipinski definition) is 6. The normalized spacial score (nSPS) is 22.9. The van der Waals surface area contributed by atoms with Crippen molar-refractivity contribution < 1.29 is 5.11 Å². The number of thiophene rings is 1. The molecule has 0 aliphatic carbocycles. The van der Waals surface area contributed by atoms with Gasteiger partial charge in [0.2, 0.25) is 0 Å². The Morgan fingerprint density at radius 1 is 1.19 bits per heavy atom. The van der Waals surface area contributed by atoms with Crippen LogP contribution in [0.2, 0.25) is 0 Å². The van der Waals surface area contributed by atoms with E-state index < -0.39 is 0 Å². The van der Waals surface area contributed by atoms with Crippen molar-refractivity contribution in [3.05, 3.63) is 35.2 Å². The predicted molar refractivity (Wildman–Crippen MR) is 110 cm³/mol. The lowest BCUT2D eigenvalue weighted by molar-refractivity contribution is 0.186. The van der Waals surface area contributed by atoms with Crippen LogP contribution in [0.1, 0.15) is 31.2 Å². The number of fused-ring (bicyclic) bond motifs is 2. The summed E-state index contributed by atoms with van der Waals surface area (Å²) in [6.07, 6.45) is 5.16. The van der Waals surface area contributed by atoms with Crippen molar-refractivity contribution in [1.29, 1.82) is 0 Å². The van der Waals surface area contributed by atoms with E-state index >= 15 is 0 Å². The third kappa shape index (κ3) is 3.07. The molecule has 4 heterocycles. The molecule has 5 nitrogen and oxygen atoms in total. The summed E-state index contributed by atoms with van der Waals surface area (Å²) in [5.74, 6) is 1.12. The Morgan fingerprint density at radius 3 is 3.00 bits per heavy atom. The molecule has 0 spiro atoms. The van der Waals surface area contributed by atoms with E-state index in [0.717, 1.165) is 45.3 Å². The average Bonchev–Trinajstić information content (AvgIpc) is 3.32. The summed E-state index contributed by atoms with van der Waals surface area (Å²) >= 11 is 1.63. The molecule has 0 radical (unpaired) electrons. The van der Waals surface area contributed by atoms with Crippen molar-refractivity contribution in [3.63, 3.8) is 0 Å².